The molecule has 0 aliphatic carbocycles. The van der Waals surface area contributed by atoms with E-state index in [1.807, 2.05) is 0 Å². The fraction of sp³-hybridized carbons (Fsp3) is 0.300. The lowest BCUT2D eigenvalue weighted by Crippen LogP contribution is -2.06. The van der Waals surface area contributed by atoms with Crippen LogP contribution in [-0.4, -0.2) is 9.61 Å². The van der Waals surface area contributed by atoms with Crippen LogP contribution in [0.1, 0.15) is 23.2 Å². The minimum absolute atomic E-state index is 0.0525. The largest absolute Gasteiger partial charge is 0.435 e. The molecule has 0 saturated heterocycles. The normalized spacial score (nSPS) is 12.7. The van der Waals surface area contributed by atoms with E-state index in [-0.39, 0.29) is 11.1 Å². The molecule has 0 aliphatic rings. The molecule has 0 amide bonds. The van der Waals surface area contributed by atoms with E-state index in [0.29, 0.717) is 4.52 Å². The summed E-state index contributed by atoms with van der Waals surface area (Å²) in [5.74, 6) is 0. The summed E-state index contributed by atoms with van der Waals surface area (Å²) in [7, 11) is 0. The summed E-state index contributed by atoms with van der Waals surface area (Å²) in [4.78, 5) is 0. The van der Waals surface area contributed by atoms with Gasteiger partial charge in [-0.15, -0.1) is 0 Å². The molecule has 0 aliphatic heterocycles. The van der Waals surface area contributed by atoms with Crippen molar-refractivity contribution in [1.82, 2.24) is 9.61 Å². The average molecular weight is 285 g/mol. The Morgan fingerprint density at radius 3 is 2.39 bits per heavy atom. The van der Waals surface area contributed by atoms with Crippen LogP contribution in [0.2, 0.25) is 5.15 Å². The first-order chi connectivity index (χ1) is 8.21. The molecule has 0 aromatic carbocycles. The van der Waals surface area contributed by atoms with Gasteiger partial charge in [-0.3, -0.25) is 0 Å². The van der Waals surface area contributed by atoms with Crippen LogP contribution in [0.15, 0.2) is 12.1 Å². The first-order valence-corrected chi connectivity index (χ1v) is 5.13. The van der Waals surface area contributed by atoms with Gasteiger partial charge in [0, 0.05) is 0 Å². The first-order valence-electron chi connectivity index (χ1n) is 4.76. The Balaban J connectivity index is 2.77. The molecule has 8 heteroatoms. The molecule has 0 atom stereocenters. The number of alkyl halides is 5. The fourth-order valence-electron chi connectivity index (χ4n) is 1.59. The van der Waals surface area contributed by atoms with E-state index in [9.17, 15) is 22.0 Å². The van der Waals surface area contributed by atoms with Crippen molar-refractivity contribution in [2.45, 2.75) is 19.5 Å². The molecule has 0 saturated carbocycles. The van der Waals surface area contributed by atoms with Crippen LogP contribution < -0.4 is 0 Å². The SMILES string of the molecule is Cc1cc(C(F)F)c(Cl)n2nc(C(F)(F)F)cc12. The van der Waals surface area contributed by atoms with Gasteiger partial charge < -0.3 is 0 Å². The maximum atomic E-state index is 12.6. The molecule has 2 rings (SSSR count). The third-order valence-electron chi connectivity index (χ3n) is 2.44. The second-order valence-corrected chi connectivity index (χ2v) is 4.06. The fourth-order valence-corrected chi connectivity index (χ4v) is 1.86. The van der Waals surface area contributed by atoms with E-state index in [0.717, 1.165) is 12.1 Å². The summed E-state index contributed by atoms with van der Waals surface area (Å²) in [6.07, 6.45) is -7.52. The van der Waals surface area contributed by atoms with Crippen LogP contribution in [0.4, 0.5) is 22.0 Å². The Morgan fingerprint density at radius 1 is 1.28 bits per heavy atom. The standard InChI is InChI=1S/C10H6ClF5N2/c1-4-2-5(9(12)13)8(11)18-6(4)3-7(17-18)10(14,15)16/h2-3,9H,1H3. The van der Waals surface area contributed by atoms with Crippen LogP contribution in [-0.2, 0) is 6.18 Å². The molecule has 0 fully saturated rings. The minimum Gasteiger partial charge on any atom is -0.221 e. The highest BCUT2D eigenvalue weighted by molar-refractivity contribution is 6.30. The second-order valence-electron chi connectivity index (χ2n) is 3.70. The molecule has 0 radical (unpaired) electrons. The van der Waals surface area contributed by atoms with E-state index in [1.54, 1.807) is 0 Å². The molecule has 2 nitrogen and oxygen atoms in total. The highest BCUT2D eigenvalue weighted by Gasteiger charge is 2.35. The maximum absolute atomic E-state index is 12.6. The second kappa shape index (κ2) is 4.08. The van der Waals surface area contributed by atoms with Gasteiger partial charge in [0.1, 0.15) is 5.15 Å². The van der Waals surface area contributed by atoms with Crippen molar-refractivity contribution in [3.8, 4) is 0 Å². The van der Waals surface area contributed by atoms with Crippen LogP contribution >= 0.6 is 11.6 Å². The van der Waals surface area contributed by atoms with Crippen LogP contribution in [0.25, 0.3) is 5.52 Å². The third-order valence-corrected chi connectivity index (χ3v) is 2.81. The van der Waals surface area contributed by atoms with Crippen molar-refractivity contribution in [2.24, 2.45) is 0 Å². The summed E-state index contributed by atoms with van der Waals surface area (Å²) < 4.78 is 63.4. The Labute approximate surface area is 103 Å². The molecule has 2 heterocycles. The number of nitrogens with zero attached hydrogens (tertiary/aromatic N) is 2. The zero-order valence-electron chi connectivity index (χ0n) is 8.89. The minimum atomic E-state index is -4.65. The molecule has 18 heavy (non-hydrogen) atoms. The van der Waals surface area contributed by atoms with Crippen molar-refractivity contribution in [3.05, 3.63) is 34.1 Å². The number of fused-ring (bicyclic) bond motifs is 1. The summed E-state index contributed by atoms with van der Waals surface area (Å²) in [5, 5.41) is 2.70. The Kier molecular flexibility index (Phi) is 2.96. The van der Waals surface area contributed by atoms with Crippen molar-refractivity contribution in [2.75, 3.05) is 0 Å². The zero-order valence-corrected chi connectivity index (χ0v) is 9.65. The maximum Gasteiger partial charge on any atom is 0.435 e. The summed E-state index contributed by atoms with van der Waals surface area (Å²) in [6.45, 7) is 1.42. The smallest absolute Gasteiger partial charge is 0.221 e. The number of hydrogen-bond donors (Lipinski definition) is 0. The molecular formula is C10H6ClF5N2. The summed E-state index contributed by atoms with van der Waals surface area (Å²) in [6, 6.07) is 1.83. The highest BCUT2D eigenvalue weighted by atomic mass is 35.5. The van der Waals surface area contributed by atoms with Gasteiger partial charge in [-0.1, -0.05) is 11.6 Å². The van der Waals surface area contributed by atoms with Gasteiger partial charge in [0.2, 0.25) is 0 Å². The topological polar surface area (TPSA) is 17.3 Å². The molecule has 98 valence electrons. The molecular weight excluding hydrogens is 279 g/mol. The number of aromatic nitrogens is 2. The van der Waals surface area contributed by atoms with E-state index >= 15 is 0 Å². The molecule has 2 aromatic heterocycles. The molecule has 0 unspecified atom stereocenters. The predicted molar refractivity (Wildman–Crippen MR) is 54.9 cm³/mol. The van der Waals surface area contributed by atoms with Crippen molar-refractivity contribution < 1.29 is 22.0 Å². The number of pyridine rings is 1. The van der Waals surface area contributed by atoms with Crippen LogP contribution in [0, 0.1) is 6.92 Å². The Hall–Kier alpha value is -1.37. The molecule has 0 N–H and O–H groups in total. The van der Waals surface area contributed by atoms with E-state index in [1.165, 1.54) is 6.92 Å². The Bertz CT molecular complexity index is 602. The lowest BCUT2D eigenvalue weighted by Gasteiger charge is -2.07. The third kappa shape index (κ3) is 2.03. The van der Waals surface area contributed by atoms with Crippen LogP contribution in [0.5, 0.6) is 0 Å². The van der Waals surface area contributed by atoms with Gasteiger partial charge >= 0.3 is 6.18 Å². The van der Waals surface area contributed by atoms with Crippen molar-refractivity contribution in [1.29, 1.82) is 0 Å². The average Bonchev–Trinajstić information content (AvgIpc) is 2.67. The zero-order chi connectivity index (χ0) is 13.7. The van der Waals surface area contributed by atoms with Crippen LogP contribution in [0.3, 0.4) is 0 Å². The van der Waals surface area contributed by atoms with Gasteiger partial charge in [0.05, 0.1) is 11.1 Å². The lowest BCUT2D eigenvalue weighted by molar-refractivity contribution is -0.141. The molecule has 0 bridgehead atoms. The summed E-state index contributed by atoms with van der Waals surface area (Å²) in [5.41, 5.74) is -1.41. The number of halogens is 6. The van der Waals surface area contributed by atoms with Gasteiger partial charge in [0.15, 0.2) is 5.69 Å². The lowest BCUT2D eigenvalue weighted by atomic mass is 10.2. The number of hydrogen-bond acceptors (Lipinski definition) is 1. The van der Waals surface area contributed by atoms with E-state index < -0.39 is 29.0 Å². The van der Waals surface area contributed by atoms with Gasteiger partial charge in [-0.05, 0) is 24.6 Å². The van der Waals surface area contributed by atoms with Gasteiger partial charge in [-0.25, -0.2) is 13.3 Å². The highest BCUT2D eigenvalue weighted by Crippen LogP contribution is 2.34. The Morgan fingerprint density at radius 2 is 1.89 bits per heavy atom. The predicted octanol–water partition coefficient (Wildman–Crippen LogP) is 4.25. The van der Waals surface area contributed by atoms with Gasteiger partial charge in [-0.2, -0.15) is 18.3 Å². The van der Waals surface area contributed by atoms with Gasteiger partial charge in [0.25, 0.3) is 6.43 Å². The number of aryl methyl sites for hydroxylation is 1. The van der Waals surface area contributed by atoms with E-state index in [4.69, 9.17) is 11.6 Å². The number of rotatable bonds is 1. The summed E-state index contributed by atoms with van der Waals surface area (Å²) >= 11 is 5.63. The monoisotopic (exact) mass is 284 g/mol. The van der Waals surface area contributed by atoms with Crippen molar-refractivity contribution >= 4 is 17.1 Å². The molecule has 0 spiro atoms. The van der Waals surface area contributed by atoms with E-state index in [2.05, 4.69) is 5.10 Å². The quantitative estimate of drug-likeness (QED) is 0.565. The van der Waals surface area contributed by atoms with Crippen molar-refractivity contribution in [3.63, 3.8) is 0 Å². The first kappa shape index (κ1) is 13.1. The molecule has 2 aromatic rings.